The lowest BCUT2D eigenvalue weighted by Gasteiger charge is -2.41. The summed E-state index contributed by atoms with van der Waals surface area (Å²) < 4.78 is 47.2. The van der Waals surface area contributed by atoms with Gasteiger partial charge in [0, 0.05) is 6.07 Å². The topological polar surface area (TPSA) is 125 Å². The van der Waals surface area contributed by atoms with Gasteiger partial charge in [-0.1, -0.05) is 35.8 Å². The van der Waals surface area contributed by atoms with Gasteiger partial charge in [0.05, 0.1) is 18.4 Å². The Morgan fingerprint density at radius 3 is 2.61 bits per heavy atom. The van der Waals surface area contributed by atoms with E-state index in [4.69, 9.17) is 10.3 Å². The lowest BCUT2D eigenvalue weighted by Crippen LogP contribution is -2.52. The molecule has 3 aromatic heterocycles. The number of nitrogens with zero attached hydrogens (tertiary/aromatic N) is 5. The van der Waals surface area contributed by atoms with Crippen molar-refractivity contribution >= 4 is 17.4 Å². The molecular weight excluding hydrogens is 475 g/mol. The van der Waals surface area contributed by atoms with Crippen molar-refractivity contribution in [2.24, 2.45) is 5.41 Å². The monoisotopic (exact) mass is 497 g/mol. The summed E-state index contributed by atoms with van der Waals surface area (Å²) >= 11 is 0. The van der Waals surface area contributed by atoms with E-state index in [0.29, 0.717) is 30.0 Å². The van der Waals surface area contributed by atoms with Crippen molar-refractivity contribution in [1.29, 1.82) is 0 Å². The fourth-order valence-corrected chi connectivity index (χ4v) is 4.17. The van der Waals surface area contributed by atoms with E-state index >= 15 is 0 Å². The molecule has 1 saturated carbocycles. The number of nitrogens with two attached hydrogens (primary N) is 1. The van der Waals surface area contributed by atoms with Crippen LogP contribution in [0.4, 0.5) is 24.7 Å². The van der Waals surface area contributed by atoms with E-state index in [9.17, 15) is 18.0 Å². The number of benzene rings is 1. The number of carbonyl (C=O) groups is 1. The Labute approximate surface area is 203 Å². The van der Waals surface area contributed by atoms with Crippen LogP contribution in [-0.2, 0) is 11.3 Å². The molecule has 4 aromatic rings. The third kappa shape index (κ3) is 4.08. The Kier molecular flexibility index (Phi) is 5.73. The molecule has 0 radical (unpaired) electrons. The lowest BCUT2D eigenvalue weighted by molar-refractivity contribution is -0.240. The van der Waals surface area contributed by atoms with Gasteiger partial charge in [0.1, 0.15) is 28.8 Å². The summed E-state index contributed by atoms with van der Waals surface area (Å²) in [5.41, 5.74) is 7.21. The minimum Gasteiger partial charge on any atom is -0.382 e. The number of rotatable bonds is 6. The summed E-state index contributed by atoms with van der Waals surface area (Å²) in [5, 5.41) is 10.9. The second kappa shape index (κ2) is 8.77. The lowest BCUT2D eigenvalue weighted by atomic mass is 9.67. The Morgan fingerprint density at radius 2 is 2.00 bits per heavy atom. The average molecular weight is 497 g/mol. The van der Waals surface area contributed by atoms with Gasteiger partial charge >= 0.3 is 6.18 Å². The molecule has 5 rings (SSSR count). The number of halogens is 3. The molecule has 0 atom stereocenters. The standard InChI is InChI=1S/C24H22F3N7O2/c1-14-5-2-3-6-15(14)13-34-19(16-7-10-36-33-16)11-17(32-34)21-29-12-18(20(28)31-21)30-22(35)23(8-4-9-23)24(25,26)27/h2-3,5-7,10-12H,4,8-9,13H2,1H3,(H,30,35)(H2,28,29,31). The van der Waals surface area contributed by atoms with Crippen LogP contribution in [0.25, 0.3) is 22.9 Å². The van der Waals surface area contributed by atoms with E-state index in [2.05, 4.69) is 25.5 Å². The van der Waals surface area contributed by atoms with Crippen molar-refractivity contribution < 1.29 is 22.5 Å². The number of aryl methyl sites for hydroxylation is 1. The molecule has 1 aromatic carbocycles. The van der Waals surface area contributed by atoms with Crippen LogP contribution in [-0.4, -0.2) is 37.0 Å². The largest absolute Gasteiger partial charge is 0.403 e. The van der Waals surface area contributed by atoms with Crippen LogP contribution in [0, 0.1) is 12.3 Å². The number of hydrogen-bond donors (Lipinski definition) is 2. The summed E-state index contributed by atoms with van der Waals surface area (Å²) in [6.45, 7) is 2.44. The quantitative estimate of drug-likeness (QED) is 0.399. The van der Waals surface area contributed by atoms with Crippen LogP contribution in [0.15, 0.2) is 53.4 Å². The third-order valence-electron chi connectivity index (χ3n) is 6.54. The van der Waals surface area contributed by atoms with E-state index in [0.717, 1.165) is 11.1 Å². The van der Waals surface area contributed by atoms with Crippen molar-refractivity contribution in [2.45, 2.75) is 38.9 Å². The molecule has 0 aliphatic heterocycles. The van der Waals surface area contributed by atoms with E-state index < -0.39 is 17.5 Å². The Balaban J connectivity index is 1.44. The van der Waals surface area contributed by atoms with E-state index in [1.54, 1.807) is 16.8 Å². The summed E-state index contributed by atoms with van der Waals surface area (Å²) in [7, 11) is 0. The van der Waals surface area contributed by atoms with Crippen molar-refractivity contribution in [1.82, 2.24) is 24.9 Å². The highest BCUT2D eigenvalue weighted by Crippen LogP contribution is 2.53. The number of amides is 1. The van der Waals surface area contributed by atoms with Crippen LogP contribution in [0.5, 0.6) is 0 Å². The molecule has 1 amide bonds. The number of alkyl halides is 3. The van der Waals surface area contributed by atoms with Gasteiger partial charge in [-0.2, -0.15) is 18.3 Å². The average Bonchev–Trinajstić information content (AvgIpc) is 3.45. The number of aromatic nitrogens is 5. The molecule has 0 saturated heterocycles. The molecule has 9 nitrogen and oxygen atoms in total. The van der Waals surface area contributed by atoms with Gasteiger partial charge in [0.2, 0.25) is 5.91 Å². The maximum Gasteiger partial charge on any atom is 0.403 e. The molecule has 0 spiro atoms. The maximum absolute atomic E-state index is 13.5. The van der Waals surface area contributed by atoms with Crippen LogP contribution < -0.4 is 11.1 Å². The van der Waals surface area contributed by atoms with Crippen molar-refractivity contribution in [3.63, 3.8) is 0 Å². The van der Waals surface area contributed by atoms with Gasteiger partial charge in [0.15, 0.2) is 11.6 Å². The van der Waals surface area contributed by atoms with Gasteiger partial charge in [-0.15, -0.1) is 0 Å². The predicted molar refractivity (Wildman–Crippen MR) is 124 cm³/mol. The molecule has 12 heteroatoms. The molecule has 36 heavy (non-hydrogen) atoms. The maximum atomic E-state index is 13.5. The molecule has 186 valence electrons. The predicted octanol–water partition coefficient (Wildman–Crippen LogP) is 4.61. The summed E-state index contributed by atoms with van der Waals surface area (Å²) in [4.78, 5) is 20.9. The molecular formula is C24H22F3N7O2. The van der Waals surface area contributed by atoms with Crippen molar-refractivity contribution in [2.75, 3.05) is 11.1 Å². The van der Waals surface area contributed by atoms with E-state index in [1.807, 2.05) is 31.2 Å². The molecule has 1 aliphatic carbocycles. The number of carbonyl (C=O) groups excluding carboxylic acids is 1. The number of nitrogens with one attached hydrogen (secondary N) is 1. The summed E-state index contributed by atoms with van der Waals surface area (Å²) in [6.07, 6.45) is -2.20. The Hall–Kier alpha value is -4.22. The fourth-order valence-electron chi connectivity index (χ4n) is 4.17. The number of hydrogen-bond acceptors (Lipinski definition) is 7. The summed E-state index contributed by atoms with van der Waals surface area (Å²) in [6, 6.07) is 11.3. The SMILES string of the molecule is Cc1ccccc1Cn1nc(-c2ncc(NC(=O)C3(C(F)(F)F)CCC3)c(N)n2)cc1-c1ccon1. The van der Waals surface area contributed by atoms with Gasteiger partial charge in [0.25, 0.3) is 0 Å². The van der Waals surface area contributed by atoms with Crippen LogP contribution in [0.3, 0.4) is 0 Å². The fraction of sp³-hybridized carbons (Fsp3) is 0.292. The van der Waals surface area contributed by atoms with Crippen LogP contribution in [0.2, 0.25) is 0 Å². The first-order chi connectivity index (χ1) is 17.2. The molecule has 3 heterocycles. The highest BCUT2D eigenvalue weighted by atomic mass is 19.4. The zero-order valence-corrected chi connectivity index (χ0v) is 19.2. The van der Waals surface area contributed by atoms with E-state index in [-0.39, 0.29) is 30.2 Å². The van der Waals surface area contributed by atoms with Crippen LogP contribution in [0.1, 0.15) is 30.4 Å². The minimum absolute atomic E-state index is 0.0876. The van der Waals surface area contributed by atoms with Gasteiger partial charge < -0.3 is 15.6 Å². The molecule has 0 unspecified atom stereocenters. The first-order valence-corrected chi connectivity index (χ1v) is 11.2. The molecule has 1 fully saturated rings. The number of anilines is 2. The first kappa shape index (κ1) is 23.5. The first-order valence-electron chi connectivity index (χ1n) is 11.2. The van der Waals surface area contributed by atoms with Crippen molar-refractivity contribution in [3.8, 4) is 22.9 Å². The van der Waals surface area contributed by atoms with Gasteiger partial charge in [-0.05, 0) is 37.0 Å². The van der Waals surface area contributed by atoms with Gasteiger partial charge in [-0.25, -0.2) is 9.97 Å². The highest BCUT2D eigenvalue weighted by molar-refractivity contribution is 5.98. The van der Waals surface area contributed by atoms with Crippen molar-refractivity contribution in [3.05, 3.63) is 60.0 Å². The second-order valence-corrected chi connectivity index (χ2v) is 8.76. The third-order valence-corrected chi connectivity index (χ3v) is 6.54. The molecule has 1 aliphatic rings. The molecule has 0 bridgehead atoms. The Bertz CT molecular complexity index is 1410. The smallest absolute Gasteiger partial charge is 0.382 e. The zero-order valence-electron chi connectivity index (χ0n) is 19.2. The Morgan fingerprint density at radius 1 is 1.22 bits per heavy atom. The van der Waals surface area contributed by atoms with Crippen LogP contribution >= 0.6 is 0 Å². The normalized spacial score (nSPS) is 14.9. The van der Waals surface area contributed by atoms with E-state index in [1.165, 1.54) is 12.5 Å². The zero-order chi connectivity index (χ0) is 25.5. The molecule has 3 N–H and O–H groups in total. The summed E-state index contributed by atoms with van der Waals surface area (Å²) in [5.74, 6) is -1.17. The highest BCUT2D eigenvalue weighted by Gasteiger charge is 2.63. The number of nitrogen functional groups attached to an aromatic ring is 1. The van der Waals surface area contributed by atoms with Gasteiger partial charge in [-0.3, -0.25) is 9.48 Å². The second-order valence-electron chi connectivity index (χ2n) is 8.76. The minimum atomic E-state index is -4.65.